The van der Waals surface area contributed by atoms with E-state index in [1.807, 2.05) is 21.0 Å². The molecule has 0 fully saturated rings. The van der Waals surface area contributed by atoms with Crippen LogP contribution in [0.25, 0.3) is 27.9 Å². The number of hydrogen-bond acceptors (Lipinski definition) is 6. The van der Waals surface area contributed by atoms with Gasteiger partial charge >= 0.3 is 0 Å². The van der Waals surface area contributed by atoms with Crippen LogP contribution in [0.3, 0.4) is 0 Å². The van der Waals surface area contributed by atoms with Crippen LogP contribution >= 0.6 is 0 Å². The van der Waals surface area contributed by atoms with Crippen molar-refractivity contribution in [3.8, 4) is 11.1 Å². The summed E-state index contributed by atoms with van der Waals surface area (Å²) in [5.41, 5.74) is 3.17. The maximum Gasteiger partial charge on any atom is 0.283 e. The van der Waals surface area contributed by atoms with Gasteiger partial charge in [-0.25, -0.2) is 9.37 Å². The van der Waals surface area contributed by atoms with E-state index in [9.17, 15) is 9.18 Å². The smallest absolute Gasteiger partial charge is 0.283 e. The Morgan fingerprint density at radius 3 is 2.55 bits per heavy atom. The molecule has 0 bridgehead atoms. The molecule has 4 aromatic rings. The normalized spacial score (nSPS) is 11.8. The van der Waals surface area contributed by atoms with E-state index < -0.39 is 0 Å². The van der Waals surface area contributed by atoms with Crippen LogP contribution in [0, 0.1) is 5.82 Å². The fourth-order valence-corrected chi connectivity index (χ4v) is 3.38. The largest absolute Gasteiger partial charge is 0.309 e. The molecule has 0 unspecified atom stereocenters. The zero-order chi connectivity index (χ0) is 20.5. The maximum atomic E-state index is 13.3. The Bertz CT molecular complexity index is 1230. The first-order chi connectivity index (χ1) is 14.0. The molecule has 3 aromatic heterocycles. The Balaban J connectivity index is 1.85. The van der Waals surface area contributed by atoms with Gasteiger partial charge in [0.1, 0.15) is 12.1 Å². The molecule has 0 radical (unpaired) electrons. The number of aromatic nitrogens is 6. The van der Waals surface area contributed by atoms with Crippen LogP contribution in [0.1, 0.15) is 19.0 Å². The summed E-state index contributed by atoms with van der Waals surface area (Å²) in [6.07, 6.45) is 3.01. The molecule has 0 saturated carbocycles. The summed E-state index contributed by atoms with van der Waals surface area (Å²) in [5.74, 6) is -0.309. The van der Waals surface area contributed by atoms with Gasteiger partial charge in [0.15, 0.2) is 16.8 Å². The van der Waals surface area contributed by atoms with Crippen LogP contribution in [-0.4, -0.2) is 54.9 Å². The van der Waals surface area contributed by atoms with Gasteiger partial charge in [-0.15, -0.1) is 10.2 Å². The first kappa shape index (κ1) is 19.1. The van der Waals surface area contributed by atoms with E-state index in [-0.39, 0.29) is 16.9 Å². The van der Waals surface area contributed by atoms with E-state index in [1.54, 1.807) is 21.2 Å². The first-order valence-corrected chi connectivity index (χ1v) is 9.53. The number of hydrogen-bond donors (Lipinski definition) is 0. The van der Waals surface area contributed by atoms with Gasteiger partial charge in [0.25, 0.3) is 5.56 Å². The highest BCUT2D eigenvalue weighted by molar-refractivity contribution is 5.83. The summed E-state index contributed by atoms with van der Waals surface area (Å²) >= 11 is 0. The van der Waals surface area contributed by atoms with E-state index in [1.165, 1.54) is 18.5 Å². The molecule has 0 aliphatic rings. The third-order valence-electron chi connectivity index (χ3n) is 4.85. The van der Waals surface area contributed by atoms with Gasteiger partial charge in [0, 0.05) is 6.54 Å². The SMILES string of the molecule is CCc1nn2c(nnc3c(=O)n(CCCN(C)C)cnc32)c1-c1ccc(F)cc1. The summed E-state index contributed by atoms with van der Waals surface area (Å²) in [4.78, 5) is 19.4. The van der Waals surface area contributed by atoms with Crippen molar-refractivity contribution in [1.29, 1.82) is 0 Å². The lowest BCUT2D eigenvalue weighted by Crippen LogP contribution is -2.25. The van der Waals surface area contributed by atoms with Crippen molar-refractivity contribution >= 4 is 16.8 Å². The fraction of sp³-hybridized carbons (Fsp3) is 0.350. The molecule has 0 spiro atoms. The highest BCUT2D eigenvalue weighted by atomic mass is 19.1. The molecule has 29 heavy (non-hydrogen) atoms. The Kier molecular flexibility index (Phi) is 5.06. The maximum absolute atomic E-state index is 13.3. The second-order valence-electron chi connectivity index (χ2n) is 7.19. The van der Waals surface area contributed by atoms with Crippen molar-refractivity contribution in [2.24, 2.45) is 0 Å². The molecule has 8 nitrogen and oxygen atoms in total. The lowest BCUT2D eigenvalue weighted by Gasteiger charge is -2.10. The van der Waals surface area contributed by atoms with E-state index in [2.05, 4.69) is 25.2 Å². The van der Waals surface area contributed by atoms with Crippen LogP contribution < -0.4 is 5.56 Å². The average Bonchev–Trinajstić information content (AvgIpc) is 3.09. The van der Waals surface area contributed by atoms with Gasteiger partial charge in [-0.05, 0) is 51.2 Å². The van der Waals surface area contributed by atoms with Gasteiger partial charge in [-0.1, -0.05) is 19.1 Å². The van der Waals surface area contributed by atoms with Crippen molar-refractivity contribution in [2.75, 3.05) is 20.6 Å². The number of aryl methyl sites for hydroxylation is 2. The highest BCUT2D eigenvalue weighted by Crippen LogP contribution is 2.28. The zero-order valence-corrected chi connectivity index (χ0v) is 16.6. The summed E-state index contributed by atoms with van der Waals surface area (Å²) in [5, 5.41) is 13.1. The summed E-state index contributed by atoms with van der Waals surface area (Å²) in [7, 11) is 3.98. The van der Waals surface area contributed by atoms with Crippen LogP contribution in [0.4, 0.5) is 4.39 Å². The number of halogens is 1. The number of benzene rings is 1. The van der Waals surface area contributed by atoms with Crippen molar-refractivity contribution in [3.05, 3.63) is 52.5 Å². The van der Waals surface area contributed by atoms with Crippen LogP contribution in [0.5, 0.6) is 0 Å². The molecular formula is C20H22FN7O. The molecule has 3 heterocycles. The van der Waals surface area contributed by atoms with Gasteiger partial charge in [0.05, 0.1) is 11.3 Å². The van der Waals surface area contributed by atoms with E-state index in [0.717, 1.165) is 29.8 Å². The number of rotatable bonds is 6. The van der Waals surface area contributed by atoms with E-state index in [4.69, 9.17) is 0 Å². The summed E-state index contributed by atoms with van der Waals surface area (Å²) in [6.45, 7) is 3.41. The predicted octanol–water partition coefficient (Wildman–Crippen LogP) is 2.15. The molecule has 150 valence electrons. The Hall–Kier alpha value is -3.20. The van der Waals surface area contributed by atoms with Crippen molar-refractivity contribution in [3.63, 3.8) is 0 Å². The number of nitrogens with zero attached hydrogens (tertiary/aromatic N) is 7. The van der Waals surface area contributed by atoms with Gasteiger partial charge in [-0.2, -0.15) is 9.61 Å². The molecule has 0 amide bonds. The Labute approximate surface area is 166 Å². The minimum atomic E-state index is -0.309. The number of fused-ring (bicyclic) bond motifs is 3. The minimum Gasteiger partial charge on any atom is -0.309 e. The van der Waals surface area contributed by atoms with Crippen molar-refractivity contribution in [1.82, 2.24) is 34.3 Å². The molecule has 0 saturated heterocycles. The monoisotopic (exact) mass is 395 g/mol. The topological polar surface area (TPSA) is 81.2 Å². The third-order valence-corrected chi connectivity index (χ3v) is 4.85. The Morgan fingerprint density at radius 2 is 1.86 bits per heavy atom. The highest BCUT2D eigenvalue weighted by Gasteiger charge is 2.19. The van der Waals surface area contributed by atoms with Crippen LogP contribution in [-0.2, 0) is 13.0 Å². The van der Waals surface area contributed by atoms with Crippen LogP contribution in [0.2, 0.25) is 0 Å². The van der Waals surface area contributed by atoms with E-state index in [0.29, 0.717) is 24.3 Å². The quantitative estimate of drug-likeness (QED) is 0.498. The second kappa shape index (κ2) is 7.67. The average molecular weight is 395 g/mol. The second-order valence-corrected chi connectivity index (χ2v) is 7.19. The molecule has 0 N–H and O–H groups in total. The molecule has 0 aliphatic heterocycles. The predicted molar refractivity (Wildman–Crippen MR) is 108 cm³/mol. The van der Waals surface area contributed by atoms with Crippen molar-refractivity contribution < 1.29 is 4.39 Å². The lowest BCUT2D eigenvalue weighted by molar-refractivity contribution is 0.384. The van der Waals surface area contributed by atoms with Crippen LogP contribution in [0.15, 0.2) is 35.4 Å². The van der Waals surface area contributed by atoms with Gasteiger partial charge in [0.2, 0.25) is 0 Å². The standard InChI is InChI=1S/C20H22FN7O/c1-4-15-16(13-6-8-14(21)9-7-13)18-24-23-17-19(28(18)25-15)22-12-27(20(17)29)11-5-10-26(2)3/h6-9,12H,4-5,10-11H2,1-3H3. The minimum absolute atomic E-state index is 0.181. The molecule has 9 heteroatoms. The zero-order valence-electron chi connectivity index (χ0n) is 16.6. The lowest BCUT2D eigenvalue weighted by atomic mass is 10.0. The van der Waals surface area contributed by atoms with Gasteiger partial charge < -0.3 is 4.90 Å². The molecule has 1 aromatic carbocycles. The van der Waals surface area contributed by atoms with Gasteiger partial charge in [-0.3, -0.25) is 9.36 Å². The fourth-order valence-electron chi connectivity index (χ4n) is 3.38. The molecule has 0 atom stereocenters. The molecule has 4 rings (SSSR count). The summed E-state index contributed by atoms with van der Waals surface area (Å²) < 4.78 is 16.5. The molecular weight excluding hydrogens is 373 g/mol. The first-order valence-electron chi connectivity index (χ1n) is 9.53. The molecule has 0 aliphatic carbocycles. The Morgan fingerprint density at radius 1 is 1.10 bits per heavy atom. The third kappa shape index (κ3) is 3.49. The summed E-state index contributed by atoms with van der Waals surface area (Å²) in [6, 6.07) is 6.18. The van der Waals surface area contributed by atoms with Crippen molar-refractivity contribution in [2.45, 2.75) is 26.3 Å². The van der Waals surface area contributed by atoms with E-state index >= 15 is 0 Å².